The van der Waals surface area contributed by atoms with Crippen molar-refractivity contribution in [3.63, 3.8) is 0 Å². The fourth-order valence-electron chi connectivity index (χ4n) is 4.35. The zero-order valence-corrected chi connectivity index (χ0v) is 17.0. The molecule has 0 radical (unpaired) electrons. The molecule has 27 heavy (non-hydrogen) atoms. The molecule has 2 aromatic heterocycles. The number of piperidine rings is 1. The largest absolute Gasteiger partial charge is 0.369 e. The van der Waals surface area contributed by atoms with Gasteiger partial charge in [0.2, 0.25) is 5.91 Å². The highest BCUT2D eigenvalue weighted by molar-refractivity contribution is 7.10. The second-order valence-electron chi connectivity index (χ2n) is 7.83. The number of carbonyl (C=O) groups is 1. The summed E-state index contributed by atoms with van der Waals surface area (Å²) in [6, 6.07) is 4.16. The summed E-state index contributed by atoms with van der Waals surface area (Å²) in [6.07, 6.45) is 6.74. The molecule has 1 amide bonds. The van der Waals surface area contributed by atoms with Gasteiger partial charge in [0.25, 0.3) is 0 Å². The van der Waals surface area contributed by atoms with E-state index in [0.29, 0.717) is 6.54 Å². The predicted octanol–water partition coefficient (Wildman–Crippen LogP) is 2.21. The van der Waals surface area contributed by atoms with E-state index in [-0.39, 0.29) is 17.4 Å². The minimum atomic E-state index is -0.0959. The molecule has 0 bridgehead atoms. The third-order valence-corrected chi connectivity index (χ3v) is 6.95. The van der Waals surface area contributed by atoms with Crippen LogP contribution in [0.15, 0.2) is 29.9 Å². The van der Waals surface area contributed by atoms with E-state index in [1.54, 1.807) is 11.1 Å². The van der Waals surface area contributed by atoms with Gasteiger partial charge in [0.15, 0.2) is 0 Å². The molecule has 2 aliphatic rings. The van der Waals surface area contributed by atoms with E-state index in [9.17, 15) is 4.79 Å². The van der Waals surface area contributed by atoms with Gasteiger partial charge in [-0.15, -0.1) is 11.3 Å². The van der Waals surface area contributed by atoms with Crippen molar-refractivity contribution in [1.29, 1.82) is 0 Å². The van der Waals surface area contributed by atoms with Crippen molar-refractivity contribution < 1.29 is 9.53 Å². The Kier molecular flexibility index (Phi) is 5.34. The molecule has 1 saturated heterocycles. The molecule has 7 heteroatoms. The molecule has 1 atom stereocenters. The monoisotopic (exact) mass is 388 g/mol. The fraction of sp³-hybridized carbons (Fsp3) is 0.600. The van der Waals surface area contributed by atoms with Crippen LogP contribution in [0.1, 0.15) is 23.3 Å². The van der Waals surface area contributed by atoms with Crippen molar-refractivity contribution >= 4 is 17.2 Å². The number of fused-ring (bicyclic) bond motifs is 2. The van der Waals surface area contributed by atoms with E-state index >= 15 is 0 Å². The number of carbonyl (C=O) groups excluding carboxylic acids is 1. The van der Waals surface area contributed by atoms with E-state index in [4.69, 9.17) is 4.74 Å². The first-order chi connectivity index (χ1) is 13.1. The first kappa shape index (κ1) is 18.7. The molecule has 6 nitrogen and oxygen atoms in total. The molecule has 146 valence electrons. The van der Waals surface area contributed by atoms with Crippen LogP contribution in [0.3, 0.4) is 0 Å². The molecular formula is C20H28N4O2S. The topological polar surface area (TPSA) is 50.6 Å². The summed E-state index contributed by atoms with van der Waals surface area (Å²) in [6.45, 7) is 4.15. The summed E-state index contributed by atoms with van der Waals surface area (Å²) in [5, 5.41) is 6.48. The number of likely N-dealkylation sites (tertiary alicyclic amines) is 1. The van der Waals surface area contributed by atoms with Crippen molar-refractivity contribution in [2.75, 3.05) is 40.3 Å². The van der Waals surface area contributed by atoms with Gasteiger partial charge in [-0.2, -0.15) is 5.10 Å². The Morgan fingerprint density at radius 2 is 2.19 bits per heavy atom. The first-order valence-corrected chi connectivity index (χ1v) is 10.6. The van der Waals surface area contributed by atoms with Gasteiger partial charge < -0.3 is 14.5 Å². The molecule has 1 fully saturated rings. The lowest BCUT2D eigenvalue weighted by Crippen LogP contribution is -2.49. The van der Waals surface area contributed by atoms with E-state index < -0.39 is 0 Å². The number of aromatic nitrogens is 2. The minimum Gasteiger partial charge on any atom is -0.369 e. The minimum absolute atomic E-state index is 0.0847. The van der Waals surface area contributed by atoms with Crippen LogP contribution in [-0.2, 0) is 28.1 Å². The van der Waals surface area contributed by atoms with Crippen LogP contribution in [0.25, 0.3) is 0 Å². The molecule has 2 aromatic rings. The summed E-state index contributed by atoms with van der Waals surface area (Å²) < 4.78 is 8.17. The van der Waals surface area contributed by atoms with Gasteiger partial charge in [-0.05, 0) is 42.3 Å². The van der Waals surface area contributed by atoms with Crippen molar-refractivity contribution in [3.8, 4) is 0 Å². The summed E-state index contributed by atoms with van der Waals surface area (Å²) >= 11 is 1.84. The molecule has 0 aromatic carbocycles. The Bertz CT molecular complexity index is 763. The van der Waals surface area contributed by atoms with Crippen molar-refractivity contribution in [2.45, 2.75) is 31.4 Å². The lowest BCUT2D eigenvalue weighted by Gasteiger charge is -2.44. The summed E-state index contributed by atoms with van der Waals surface area (Å²) in [7, 11) is 3.66. The molecular weight excluding hydrogens is 360 g/mol. The Hall–Kier alpha value is -1.70. The summed E-state index contributed by atoms with van der Waals surface area (Å²) in [4.78, 5) is 18.3. The lowest BCUT2D eigenvalue weighted by molar-refractivity contribution is -0.135. The van der Waals surface area contributed by atoms with Crippen molar-refractivity contribution in [1.82, 2.24) is 19.6 Å². The van der Waals surface area contributed by atoms with Gasteiger partial charge in [0.1, 0.15) is 5.60 Å². The van der Waals surface area contributed by atoms with E-state index in [1.807, 2.05) is 42.4 Å². The maximum absolute atomic E-state index is 12.7. The van der Waals surface area contributed by atoms with Gasteiger partial charge in [-0.3, -0.25) is 9.48 Å². The van der Waals surface area contributed by atoms with Crippen molar-refractivity contribution in [2.24, 2.45) is 5.92 Å². The first-order valence-electron chi connectivity index (χ1n) is 9.69. The Morgan fingerprint density at radius 1 is 1.37 bits per heavy atom. The Morgan fingerprint density at radius 3 is 2.89 bits per heavy atom. The third kappa shape index (κ3) is 3.81. The van der Waals surface area contributed by atoms with Crippen LogP contribution in [0.5, 0.6) is 0 Å². The number of nitrogens with zero attached hydrogens (tertiary/aromatic N) is 4. The molecule has 0 unspecified atom stereocenters. The van der Waals surface area contributed by atoms with Gasteiger partial charge in [-0.1, -0.05) is 0 Å². The quantitative estimate of drug-likeness (QED) is 0.788. The zero-order valence-electron chi connectivity index (χ0n) is 16.1. The SMILES string of the molecule is CN(C)C(=O)[C@@H](CN1CCC2(CC1)OCCc1ccsc12)Cn1cccn1. The number of hydrogen-bond donors (Lipinski definition) is 0. The lowest BCUT2D eigenvalue weighted by atomic mass is 9.85. The second kappa shape index (κ2) is 7.73. The van der Waals surface area contributed by atoms with Gasteiger partial charge >= 0.3 is 0 Å². The Balaban J connectivity index is 1.42. The average molecular weight is 389 g/mol. The molecule has 0 N–H and O–H groups in total. The number of thiophene rings is 1. The maximum Gasteiger partial charge on any atom is 0.228 e. The molecule has 4 rings (SSSR count). The number of hydrogen-bond acceptors (Lipinski definition) is 5. The second-order valence-corrected chi connectivity index (χ2v) is 8.74. The third-order valence-electron chi connectivity index (χ3n) is 5.81. The van der Waals surface area contributed by atoms with Crippen LogP contribution in [-0.4, -0.2) is 65.8 Å². The van der Waals surface area contributed by atoms with E-state index in [2.05, 4.69) is 21.4 Å². The van der Waals surface area contributed by atoms with Crippen LogP contribution in [0, 0.1) is 5.92 Å². The maximum atomic E-state index is 12.7. The number of ether oxygens (including phenoxy) is 1. The number of rotatable bonds is 5. The predicted molar refractivity (Wildman–Crippen MR) is 106 cm³/mol. The molecule has 0 saturated carbocycles. The Labute approximate surface area is 164 Å². The molecule has 1 spiro atoms. The molecule has 2 aliphatic heterocycles. The normalized spacial score (nSPS) is 20.4. The summed E-state index contributed by atoms with van der Waals surface area (Å²) in [5.74, 6) is 0.0822. The summed E-state index contributed by atoms with van der Waals surface area (Å²) in [5.41, 5.74) is 1.38. The average Bonchev–Trinajstić information content (AvgIpc) is 3.35. The van der Waals surface area contributed by atoms with Gasteiger partial charge in [0.05, 0.1) is 19.1 Å². The smallest absolute Gasteiger partial charge is 0.228 e. The van der Waals surface area contributed by atoms with Gasteiger partial charge in [-0.25, -0.2) is 0 Å². The van der Waals surface area contributed by atoms with E-state index in [1.165, 1.54) is 10.4 Å². The van der Waals surface area contributed by atoms with Crippen molar-refractivity contribution in [3.05, 3.63) is 40.3 Å². The fourth-order valence-corrected chi connectivity index (χ4v) is 5.52. The number of amides is 1. The molecule has 4 heterocycles. The standard InChI is InChI=1S/C20H28N4O2S/c1-22(2)19(25)17(15-24-9-3-8-21-24)14-23-10-6-20(7-11-23)18-16(4-12-26-20)5-13-27-18/h3,5,8-9,13,17H,4,6-7,10-12,14-15H2,1-2H3/t17-/m0/s1. The van der Waals surface area contributed by atoms with Crippen LogP contribution < -0.4 is 0 Å². The van der Waals surface area contributed by atoms with Crippen LogP contribution in [0.2, 0.25) is 0 Å². The van der Waals surface area contributed by atoms with Crippen LogP contribution >= 0.6 is 11.3 Å². The molecule has 0 aliphatic carbocycles. The highest BCUT2D eigenvalue weighted by Crippen LogP contribution is 2.44. The van der Waals surface area contributed by atoms with Crippen LogP contribution in [0.4, 0.5) is 0 Å². The van der Waals surface area contributed by atoms with E-state index in [0.717, 1.165) is 45.5 Å². The highest BCUT2D eigenvalue weighted by Gasteiger charge is 2.42. The van der Waals surface area contributed by atoms with Gasteiger partial charge in [0, 0.05) is 51.0 Å². The zero-order chi connectivity index (χ0) is 18.9. The highest BCUT2D eigenvalue weighted by atomic mass is 32.1.